The molecule has 1 aromatic heterocycles. The average molecular weight is 461 g/mol. The topological polar surface area (TPSA) is 95.7 Å². The van der Waals surface area contributed by atoms with Gasteiger partial charge in [0, 0.05) is 25.0 Å². The third-order valence-corrected chi connectivity index (χ3v) is 5.18. The number of rotatable bonds is 7. The van der Waals surface area contributed by atoms with E-state index in [-0.39, 0.29) is 28.3 Å². The summed E-state index contributed by atoms with van der Waals surface area (Å²) in [5, 5.41) is 2.14. The summed E-state index contributed by atoms with van der Waals surface area (Å²) in [7, 11) is 1.38. The number of benzene rings is 2. The fraction of sp³-hybridized carbons (Fsp3) is 0.304. The van der Waals surface area contributed by atoms with Crippen LogP contribution in [0.15, 0.2) is 47.5 Å². The van der Waals surface area contributed by atoms with E-state index in [1.807, 2.05) is 6.07 Å². The predicted octanol–water partition coefficient (Wildman–Crippen LogP) is 4.50. The standard InChI is InChI=1S/C23H26F3N5O2/c1-4-31(5-2)13-14-7-6-8-15(9-14)33-16-10-18(23(24,25)26)17-12-20(29-19(17)11-16)21(32)30-22(27)28-3/h6-12,29H,4-5,13H2,1-3H3,(H3,27,28,30,32). The van der Waals surface area contributed by atoms with E-state index in [9.17, 15) is 18.0 Å². The van der Waals surface area contributed by atoms with Gasteiger partial charge in [0.2, 0.25) is 0 Å². The smallest absolute Gasteiger partial charge is 0.417 e. The van der Waals surface area contributed by atoms with E-state index >= 15 is 0 Å². The molecule has 10 heteroatoms. The molecule has 0 aliphatic heterocycles. The van der Waals surface area contributed by atoms with Crippen LogP contribution in [0.25, 0.3) is 10.9 Å². The van der Waals surface area contributed by atoms with E-state index < -0.39 is 17.6 Å². The maximum Gasteiger partial charge on any atom is 0.417 e. The third-order valence-electron chi connectivity index (χ3n) is 5.18. The minimum Gasteiger partial charge on any atom is -0.457 e. The van der Waals surface area contributed by atoms with Gasteiger partial charge in [0.25, 0.3) is 5.91 Å². The monoisotopic (exact) mass is 461 g/mol. The van der Waals surface area contributed by atoms with Crippen LogP contribution in [0.1, 0.15) is 35.5 Å². The van der Waals surface area contributed by atoms with E-state index in [2.05, 4.69) is 34.0 Å². The Morgan fingerprint density at radius 3 is 2.52 bits per heavy atom. The van der Waals surface area contributed by atoms with Crippen LogP contribution >= 0.6 is 0 Å². The fourth-order valence-electron chi connectivity index (χ4n) is 3.42. The maximum absolute atomic E-state index is 13.8. The molecule has 0 bridgehead atoms. The van der Waals surface area contributed by atoms with Gasteiger partial charge in [0.1, 0.15) is 17.2 Å². The third kappa shape index (κ3) is 5.83. The number of nitrogens with one attached hydrogen (secondary N) is 2. The normalized spacial score (nSPS) is 12.4. The largest absolute Gasteiger partial charge is 0.457 e. The number of carbonyl (C=O) groups is 1. The molecule has 0 atom stereocenters. The van der Waals surface area contributed by atoms with Crippen LogP contribution in [0.4, 0.5) is 13.2 Å². The Morgan fingerprint density at radius 2 is 1.88 bits per heavy atom. The summed E-state index contributed by atoms with van der Waals surface area (Å²) >= 11 is 0. The van der Waals surface area contributed by atoms with Crippen LogP contribution < -0.4 is 15.8 Å². The molecule has 0 aliphatic rings. The van der Waals surface area contributed by atoms with Gasteiger partial charge in [0.05, 0.1) is 11.1 Å². The second-order valence-electron chi connectivity index (χ2n) is 7.39. The quantitative estimate of drug-likeness (QED) is 0.357. The Morgan fingerprint density at radius 1 is 1.15 bits per heavy atom. The number of alkyl halides is 3. The van der Waals surface area contributed by atoms with Crippen molar-refractivity contribution in [2.24, 2.45) is 10.7 Å². The molecule has 0 spiro atoms. The molecule has 3 aromatic rings. The summed E-state index contributed by atoms with van der Waals surface area (Å²) in [4.78, 5) is 20.8. The van der Waals surface area contributed by atoms with Crippen molar-refractivity contribution in [3.05, 3.63) is 59.3 Å². The lowest BCUT2D eigenvalue weighted by atomic mass is 10.1. The molecule has 33 heavy (non-hydrogen) atoms. The summed E-state index contributed by atoms with van der Waals surface area (Å²) < 4.78 is 47.1. The second-order valence-corrected chi connectivity index (χ2v) is 7.39. The van der Waals surface area contributed by atoms with Gasteiger partial charge in [-0.3, -0.25) is 20.0 Å². The van der Waals surface area contributed by atoms with Gasteiger partial charge in [-0.2, -0.15) is 13.2 Å². The number of hydrogen-bond acceptors (Lipinski definition) is 4. The van der Waals surface area contributed by atoms with E-state index in [0.29, 0.717) is 12.3 Å². The van der Waals surface area contributed by atoms with E-state index in [1.165, 1.54) is 13.1 Å². The number of hydrogen-bond donors (Lipinski definition) is 3. The van der Waals surface area contributed by atoms with E-state index in [1.54, 1.807) is 18.2 Å². The average Bonchev–Trinajstić information content (AvgIpc) is 3.20. The number of aliphatic imine (C=N–C) groups is 1. The minimum absolute atomic E-state index is 0.00161. The van der Waals surface area contributed by atoms with Crippen molar-refractivity contribution >= 4 is 22.8 Å². The molecule has 176 valence electrons. The van der Waals surface area contributed by atoms with Gasteiger partial charge in [-0.05, 0) is 42.9 Å². The molecule has 0 aliphatic carbocycles. The Labute approximate surface area is 189 Å². The van der Waals surface area contributed by atoms with Gasteiger partial charge in [-0.25, -0.2) is 0 Å². The lowest BCUT2D eigenvalue weighted by Gasteiger charge is -2.18. The van der Waals surface area contributed by atoms with Gasteiger partial charge < -0.3 is 15.5 Å². The SMILES string of the molecule is CCN(CC)Cc1cccc(Oc2cc(C(F)(F)F)c3cc(C(=O)NC(N)=NC)[nH]c3c2)c1. The number of carbonyl (C=O) groups excluding carboxylic acids is 1. The number of nitrogens with zero attached hydrogens (tertiary/aromatic N) is 2. The zero-order valence-electron chi connectivity index (χ0n) is 18.6. The number of aromatic amines is 1. The molecule has 4 N–H and O–H groups in total. The molecular formula is C23H26F3N5O2. The van der Waals surface area contributed by atoms with Crippen molar-refractivity contribution in [2.45, 2.75) is 26.6 Å². The molecule has 0 fully saturated rings. The molecular weight excluding hydrogens is 435 g/mol. The van der Waals surface area contributed by atoms with Crippen LogP contribution in [0, 0.1) is 0 Å². The van der Waals surface area contributed by atoms with Crippen molar-refractivity contribution in [1.82, 2.24) is 15.2 Å². The van der Waals surface area contributed by atoms with Crippen LogP contribution in [-0.2, 0) is 12.7 Å². The number of nitrogens with two attached hydrogens (primary N) is 1. The zero-order valence-corrected chi connectivity index (χ0v) is 18.6. The zero-order chi connectivity index (χ0) is 24.2. The van der Waals surface area contributed by atoms with Gasteiger partial charge >= 0.3 is 6.18 Å². The lowest BCUT2D eigenvalue weighted by Crippen LogP contribution is -2.36. The first-order valence-electron chi connectivity index (χ1n) is 10.4. The van der Waals surface area contributed by atoms with Gasteiger partial charge in [-0.15, -0.1) is 0 Å². The van der Waals surface area contributed by atoms with Gasteiger partial charge in [-0.1, -0.05) is 26.0 Å². The first-order valence-corrected chi connectivity index (χ1v) is 10.4. The molecule has 0 saturated carbocycles. The molecule has 0 radical (unpaired) electrons. The maximum atomic E-state index is 13.8. The highest BCUT2D eigenvalue weighted by atomic mass is 19.4. The first kappa shape index (κ1) is 24.1. The molecule has 1 amide bonds. The number of aromatic nitrogens is 1. The van der Waals surface area contributed by atoms with Crippen LogP contribution in [0.3, 0.4) is 0 Å². The summed E-state index contributed by atoms with van der Waals surface area (Å²) in [6.45, 7) is 6.59. The van der Waals surface area contributed by atoms with Crippen molar-refractivity contribution in [1.29, 1.82) is 0 Å². The predicted molar refractivity (Wildman–Crippen MR) is 121 cm³/mol. The second kappa shape index (κ2) is 9.95. The number of guanidine groups is 1. The van der Waals surface area contributed by atoms with Crippen molar-refractivity contribution < 1.29 is 22.7 Å². The first-order chi connectivity index (χ1) is 15.6. The Kier molecular flexibility index (Phi) is 7.27. The molecule has 7 nitrogen and oxygen atoms in total. The highest BCUT2D eigenvalue weighted by molar-refractivity contribution is 6.07. The number of H-pyrrole nitrogens is 1. The Bertz CT molecular complexity index is 1170. The van der Waals surface area contributed by atoms with E-state index in [4.69, 9.17) is 10.5 Å². The van der Waals surface area contributed by atoms with Crippen molar-refractivity contribution in [3.8, 4) is 11.5 Å². The molecule has 2 aromatic carbocycles. The van der Waals surface area contributed by atoms with Crippen molar-refractivity contribution in [3.63, 3.8) is 0 Å². The molecule has 1 heterocycles. The summed E-state index contributed by atoms with van der Waals surface area (Å²) in [6, 6.07) is 10.7. The van der Waals surface area contributed by atoms with Crippen molar-refractivity contribution in [2.75, 3.05) is 20.1 Å². The molecule has 0 saturated heterocycles. The number of ether oxygens (including phenoxy) is 1. The summed E-state index contributed by atoms with van der Waals surface area (Å²) in [6.07, 6.45) is -4.65. The van der Waals surface area contributed by atoms with E-state index in [0.717, 1.165) is 30.8 Å². The fourth-order valence-corrected chi connectivity index (χ4v) is 3.42. The Hall–Kier alpha value is -3.53. The highest BCUT2D eigenvalue weighted by Gasteiger charge is 2.34. The summed E-state index contributed by atoms with van der Waals surface area (Å²) in [5.41, 5.74) is 5.57. The number of halogens is 3. The van der Waals surface area contributed by atoms with Crippen LogP contribution in [0.2, 0.25) is 0 Å². The number of amides is 1. The van der Waals surface area contributed by atoms with Crippen LogP contribution in [0.5, 0.6) is 11.5 Å². The highest BCUT2D eigenvalue weighted by Crippen LogP contribution is 2.39. The molecule has 0 unspecified atom stereocenters. The lowest BCUT2D eigenvalue weighted by molar-refractivity contribution is -0.136. The summed E-state index contributed by atoms with van der Waals surface area (Å²) in [5.74, 6) is -0.431. The number of fused-ring (bicyclic) bond motifs is 1. The minimum atomic E-state index is -4.65. The van der Waals surface area contributed by atoms with Gasteiger partial charge in [0.15, 0.2) is 5.96 Å². The molecule has 3 rings (SSSR count). The Balaban J connectivity index is 1.96. The van der Waals surface area contributed by atoms with Crippen LogP contribution in [-0.4, -0.2) is 41.9 Å².